The topological polar surface area (TPSA) is 63.8 Å². The van der Waals surface area contributed by atoms with Gasteiger partial charge >= 0.3 is 0 Å². The number of aryl methyl sites for hydroxylation is 3. The largest absolute Gasteiger partial charge is 0.493 e. The molecule has 0 saturated carbocycles. The van der Waals surface area contributed by atoms with Gasteiger partial charge in [-0.05, 0) is 48.7 Å². The SMILES string of the molecule is Cc1ccc(C)c2c1c(N=O)c(O)n2CCCOc1ccccc1Cl. The van der Waals surface area contributed by atoms with Gasteiger partial charge in [0, 0.05) is 11.9 Å². The molecule has 3 rings (SSSR count). The summed E-state index contributed by atoms with van der Waals surface area (Å²) in [7, 11) is 0. The Bertz CT molecular complexity index is 934. The van der Waals surface area contributed by atoms with Crippen LogP contribution >= 0.6 is 11.6 Å². The Hall–Kier alpha value is -2.53. The molecule has 0 aliphatic rings. The lowest BCUT2D eigenvalue weighted by molar-refractivity contribution is 0.298. The number of aromatic nitrogens is 1. The first-order valence-electron chi connectivity index (χ1n) is 8.06. The summed E-state index contributed by atoms with van der Waals surface area (Å²) in [4.78, 5) is 11.2. The van der Waals surface area contributed by atoms with Gasteiger partial charge in [0.05, 0.1) is 17.1 Å². The number of aromatic hydroxyl groups is 1. The van der Waals surface area contributed by atoms with E-state index in [-0.39, 0.29) is 11.6 Å². The summed E-state index contributed by atoms with van der Waals surface area (Å²) in [5.74, 6) is 0.535. The maximum absolute atomic E-state index is 11.2. The molecular formula is C19H19ClN2O3. The fraction of sp³-hybridized carbons (Fsp3) is 0.263. The lowest BCUT2D eigenvalue weighted by atomic mass is 10.1. The van der Waals surface area contributed by atoms with E-state index in [1.54, 1.807) is 10.6 Å². The minimum atomic E-state index is -0.0971. The summed E-state index contributed by atoms with van der Waals surface area (Å²) < 4.78 is 7.41. The van der Waals surface area contributed by atoms with Crippen molar-refractivity contribution < 1.29 is 9.84 Å². The standard InChI is InChI=1S/C19H19ClN2O3/c1-12-8-9-13(2)18-16(12)17(21-24)19(23)22(18)10-5-11-25-15-7-4-3-6-14(15)20/h3-4,6-9,23H,5,10-11H2,1-2H3. The van der Waals surface area contributed by atoms with E-state index >= 15 is 0 Å². The van der Waals surface area contributed by atoms with E-state index in [9.17, 15) is 10.0 Å². The first-order chi connectivity index (χ1) is 12.0. The van der Waals surface area contributed by atoms with Crippen LogP contribution in [0.2, 0.25) is 5.02 Å². The minimum absolute atomic E-state index is 0.0971. The van der Waals surface area contributed by atoms with E-state index in [1.165, 1.54) is 0 Å². The molecule has 0 fully saturated rings. The van der Waals surface area contributed by atoms with Crippen LogP contribution < -0.4 is 4.74 Å². The molecule has 2 aromatic carbocycles. The number of nitrogens with zero attached hydrogens (tertiary/aromatic N) is 2. The van der Waals surface area contributed by atoms with Gasteiger partial charge in [-0.25, -0.2) is 0 Å². The van der Waals surface area contributed by atoms with Gasteiger partial charge in [-0.2, -0.15) is 0 Å². The molecule has 0 radical (unpaired) electrons. The highest BCUT2D eigenvalue weighted by molar-refractivity contribution is 6.32. The molecule has 0 amide bonds. The molecule has 1 heterocycles. The average molecular weight is 359 g/mol. The Morgan fingerprint density at radius 1 is 1.16 bits per heavy atom. The minimum Gasteiger partial charge on any atom is -0.493 e. The van der Waals surface area contributed by atoms with Crippen LogP contribution in [-0.4, -0.2) is 16.3 Å². The zero-order valence-electron chi connectivity index (χ0n) is 14.1. The van der Waals surface area contributed by atoms with Crippen LogP contribution in [0, 0.1) is 18.8 Å². The Labute approximate surface area is 150 Å². The molecule has 1 N–H and O–H groups in total. The summed E-state index contributed by atoms with van der Waals surface area (Å²) in [6.45, 7) is 4.80. The Morgan fingerprint density at radius 3 is 2.60 bits per heavy atom. The lowest BCUT2D eigenvalue weighted by Crippen LogP contribution is -2.05. The normalized spacial score (nSPS) is 11.0. The zero-order valence-corrected chi connectivity index (χ0v) is 14.9. The van der Waals surface area contributed by atoms with Gasteiger partial charge in [-0.15, -0.1) is 4.91 Å². The van der Waals surface area contributed by atoms with E-state index < -0.39 is 0 Å². The first kappa shape index (κ1) is 17.3. The van der Waals surface area contributed by atoms with Crippen molar-refractivity contribution >= 4 is 28.2 Å². The summed E-state index contributed by atoms with van der Waals surface area (Å²) in [6, 6.07) is 11.2. The molecule has 0 saturated heterocycles. The third-order valence-electron chi connectivity index (χ3n) is 4.27. The molecule has 3 aromatic rings. The van der Waals surface area contributed by atoms with Gasteiger partial charge in [-0.1, -0.05) is 35.9 Å². The van der Waals surface area contributed by atoms with Crippen molar-refractivity contribution in [3.05, 3.63) is 57.5 Å². The number of fused-ring (bicyclic) bond motifs is 1. The van der Waals surface area contributed by atoms with Gasteiger partial charge in [0.2, 0.25) is 5.88 Å². The van der Waals surface area contributed by atoms with Crippen molar-refractivity contribution in [2.75, 3.05) is 6.61 Å². The Balaban J connectivity index is 1.82. The van der Waals surface area contributed by atoms with Crippen molar-refractivity contribution in [3.8, 4) is 11.6 Å². The second kappa shape index (κ2) is 7.15. The monoisotopic (exact) mass is 358 g/mol. The van der Waals surface area contributed by atoms with Crippen molar-refractivity contribution in [2.24, 2.45) is 5.18 Å². The quantitative estimate of drug-likeness (QED) is 0.468. The molecule has 5 nitrogen and oxygen atoms in total. The number of benzene rings is 2. The molecule has 0 aliphatic heterocycles. The van der Waals surface area contributed by atoms with Crippen molar-refractivity contribution in [1.29, 1.82) is 0 Å². The fourth-order valence-corrected chi connectivity index (χ4v) is 3.25. The first-order valence-corrected chi connectivity index (χ1v) is 8.44. The van der Waals surface area contributed by atoms with Gasteiger partial charge in [0.1, 0.15) is 5.75 Å². The fourth-order valence-electron chi connectivity index (χ4n) is 3.06. The maximum Gasteiger partial charge on any atom is 0.222 e. The van der Waals surface area contributed by atoms with Crippen LogP contribution in [0.4, 0.5) is 5.69 Å². The summed E-state index contributed by atoms with van der Waals surface area (Å²) in [5, 5.41) is 14.7. The van der Waals surface area contributed by atoms with Crippen LogP contribution in [0.25, 0.3) is 10.9 Å². The molecule has 0 spiro atoms. The van der Waals surface area contributed by atoms with Gasteiger partial charge in [0.25, 0.3) is 0 Å². The van der Waals surface area contributed by atoms with Crippen molar-refractivity contribution in [1.82, 2.24) is 4.57 Å². The molecule has 0 aliphatic carbocycles. The third-order valence-corrected chi connectivity index (χ3v) is 4.59. The summed E-state index contributed by atoms with van der Waals surface area (Å²) in [6.07, 6.45) is 0.647. The predicted molar refractivity (Wildman–Crippen MR) is 100 cm³/mol. The Morgan fingerprint density at radius 2 is 1.88 bits per heavy atom. The van der Waals surface area contributed by atoms with Crippen LogP contribution in [-0.2, 0) is 6.54 Å². The molecular weight excluding hydrogens is 340 g/mol. The number of halogens is 1. The van der Waals surface area contributed by atoms with Gasteiger partial charge < -0.3 is 14.4 Å². The number of ether oxygens (including phenoxy) is 1. The molecule has 130 valence electrons. The number of hydrogen-bond donors (Lipinski definition) is 1. The second-order valence-corrected chi connectivity index (χ2v) is 6.38. The van der Waals surface area contributed by atoms with E-state index in [4.69, 9.17) is 16.3 Å². The molecule has 0 unspecified atom stereocenters. The van der Waals surface area contributed by atoms with Crippen LogP contribution in [0.3, 0.4) is 0 Å². The maximum atomic E-state index is 11.2. The van der Waals surface area contributed by atoms with E-state index in [0.717, 1.165) is 16.6 Å². The summed E-state index contributed by atoms with van der Waals surface area (Å²) in [5.41, 5.74) is 2.84. The predicted octanol–water partition coefficient (Wildman–Crippen LogP) is 5.48. The third kappa shape index (κ3) is 3.20. The number of rotatable bonds is 6. The van der Waals surface area contributed by atoms with Crippen LogP contribution in [0.1, 0.15) is 17.5 Å². The Kier molecular flexibility index (Phi) is 4.95. The van der Waals surface area contributed by atoms with Gasteiger partial charge in [0.15, 0.2) is 5.69 Å². The van der Waals surface area contributed by atoms with Gasteiger partial charge in [-0.3, -0.25) is 0 Å². The van der Waals surface area contributed by atoms with Crippen LogP contribution in [0.5, 0.6) is 11.6 Å². The lowest BCUT2D eigenvalue weighted by Gasteiger charge is -2.11. The van der Waals surface area contributed by atoms with E-state index in [2.05, 4.69) is 5.18 Å². The van der Waals surface area contributed by atoms with Crippen molar-refractivity contribution in [3.63, 3.8) is 0 Å². The van der Waals surface area contributed by atoms with E-state index in [0.29, 0.717) is 35.7 Å². The smallest absolute Gasteiger partial charge is 0.222 e. The number of nitroso groups, excluding NO2 is 1. The zero-order chi connectivity index (χ0) is 18.0. The summed E-state index contributed by atoms with van der Waals surface area (Å²) >= 11 is 6.07. The van der Waals surface area contributed by atoms with E-state index in [1.807, 2.05) is 44.2 Å². The molecule has 0 atom stereocenters. The number of para-hydroxylation sites is 1. The molecule has 1 aromatic heterocycles. The highest BCUT2D eigenvalue weighted by atomic mass is 35.5. The highest BCUT2D eigenvalue weighted by Gasteiger charge is 2.20. The molecule has 0 bridgehead atoms. The molecule has 6 heteroatoms. The average Bonchev–Trinajstić information content (AvgIpc) is 2.89. The molecule has 25 heavy (non-hydrogen) atoms. The van der Waals surface area contributed by atoms with Crippen molar-refractivity contribution in [2.45, 2.75) is 26.8 Å². The second-order valence-electron chi connectivity index (χ2n) is 5.97. The number of hydrogen-bond acceptors (Lipinski definition) is 4. The van der Waals surface area contributed by atoms with Crippen LogP contribution in [0.15, 0.2) is 41.6 Å². The highest BCUT2D eigenvalue weighted by Crippen LogP contribution is 2.41.